The maximum atomic E-state index is 12.0. The number of nitrogens with one attached hydrogen (secondary N) is 3. The minimum atomic E-state index is -0.621. The van der Waals surface area contributed by atoms with Crippen LogP contribution in [0.15, 0.2) is 46.1 Å². The lowest BCUT2D eigenvalue weighted by Gasteiger charge is -2.12. The van der Waals surface area contributed by atoms with E-state index in [1.807, 2.05) is 24.3 Å². The molecule has 2 aromatic heterocycles. The van der Waals surface area contributed by atoms with Crippen molar-refractivity contribution in [2.45, 2.75) is 19.5 Å². The lowest BCUT2D eigenvalue weighted by molar-refractivity contribution is -0.122. The quantitative estimate of drug-likeness (QED) is 0.642. The Labute approximate surface area is 130 Å². The molecule has 1 atom stereocenters. The average molecular weight is 313 g/mol. The SMILES string of the molecule is CC(NC(=O)Cn1ccc(=O)[nH]c1=O)c1nc2ccccc2[nH]1. The highest BCUT2D eigenvalue weighted by molar-refractivity contribution is 5.77. The number of fused-ring (bicyclic) bond motifs is 1. The Kier molecular flexibility index (Phi) is 3.80. The van der Waals surface area contributed by atoms with Crippen molar-refractivity contribution in [1.82, 2.24) is 24.8 Å². The number of amides is 1. The van der Waals surface area contributed by atoms with Gasteiger partial charge in [-0.25, -0.2) is 9.78 Å². The summed E-state index contributed by atoms with van der Waals surface area (Å²) in [4.78, 5) is 44.3. The summed E-state index contributed by atoms with van der Waals surface area (Å²) in [5, 5.41) is 2.76. The number of H-pyrrole nitrogens is 2. The molecular weight excluding hydrogens is 298 g/mol. The Morgan fingerprint density at radius 3 is 2.78 bits per heavy atom. The van der Waals surface area contributed by atoms with Crippen LogP contribution in [0.4, 0.5) is 0 Å². The van der Waals surface area contributed by atoms with Gasteiger partial charge in [-0.1, -0.05) is 12.1 Å². The summed E-state index contributed by atoms with van der Waals surface area (Å²) < 4.78 is 1.13. The molecule has 8 nitrogen and oxygen atoms in total. The fraction of sp³-hybridized carbons (Fsp3) is 0.200. The molecule has 0 bridgehead atoms. The van der Waals surface area contributed by atoms with Crippen LogP contribution in [-0.2, 0) is 11.3 Å². The number of carbonyl (C=O) groups excluding carboxylic acids is 1. The monoisotopic (exact) mass is 313 g/mol. The number of para-hydroxylation sites is 2. The predicted molar refractivity (Wildman–Crippen MR) is 84.0 cm³/mol. The van der Waals surface area contributed by atoms with E-state index >= 15 is 0 Å². The van der Waals surface area contributed by atoms with Gasteiger partial charge >= 0.3 is 5.69 Å². The van der Waals surface area contributed by atoms with Crippen LogP contribution in [0.25, 0.3) is 11.0 Å². The van der Waals surface area contributed by atoms with Crippen LogP contribution in [0, 0.1) is 0 Å². The second-order valence-electron chi connectivity index (χ2n) is 5.17. The summed E-state index contributed by atoms with van der Waals surface area (Å²) >= 11 is 0. The Balaban J connectivity index is 1.71. The van der Waals surface area contributed by atoms with E-state index in [0.717, 1.165) is 15.6 Å². The summed E-state index contributed by atoms with van der Waals surface area (Å²) in [5.74, 6) is 0.278. The van der Waals surface area contributed by atoms with Crippen molar-refractivity contribution in [3.63, 3.8) is 0 Å². The third kappa shape index (κ3) is 3.20. The van der Waals surface area contributed by atoms with Gasteiger partial charge in [-0.05, 0) is 19.1 Å². The molecule has 0 aliphatic carbocycles. The second-order valence-corrected chi connectivity index (χ2v) is 5.17. The summed E-state index contributed by atoms with van der Waals surface area (Å²) in [6.45, 7) is 1.62. The van der Waals surface area contributed by atoms with Crippen molar-refractivity contribution in [2.24, 2.45) is 0 Å². The molecule has 2 heterocycles. The van der Waals surface area contributed by atoms with E-state index in [-0.39, 0.29) is 18.5 Å². The molecule has 0 aliphatic rings. The van der Waals surface area contributed by atoms with Crippen molar-refractivity contribution < 1.29 is 4.79 Å². The topological polar surface area (TPSA) is 113 Å². The molecular formula is C15H15N5O3. The molecule has 1 unspecified atom stereocenters. The van der Waals surface area contributed by atoms with Gasteiger partial charge in [0.2, 0.25) is 5.91 Å². The van der Waals surface area contributed by atoms with Crippen LogP contribution in [-0.4, -0.2) is 25.4 Å². The van der Waals surface area contributed by atoms with Crippen LogP contribution in [0.3, 0.4) is 0 Å². The molecule has 8 heteroatoms. The lowest BCUT2D eigenvalue weighted by Crippen LogP contribution is -2.36. The van der Waals surface area contributed by atoms with E-state index in [0.29, 0.717) is 5.82 Å². The number of aromatic nitrogens is 4. The normalized spacial score (nSPS) is 12.2. The number of nitrogens with zero attached hydrogens (tertiary/aromatic N) is 2. The van der Waals surface area contributed by atoms with E-state index in [2.05, 4.69) is 20.3 Å². The van der Waals surface area contributed by atoms with Gasteiger partial charge < -0.3 is 10.3 Å². The number of imidazole rings is 1. The van der Waals surface area contributed by atoms with Gasteiger partial charge in [0.25, 0.3) is 5.56 Å². The average Bonchev–Trinajstić information content (AvgIpc) is 2.94. The number of hydrogen-bond donors (Lipinski definition) is 3. The molecule has 0 spiro atoms. The van der Waals surface area contributed by atoms with Gasteiger partial charge in [0.1, 0.15) is 12.4 Å². The Morgan fingerprint density at radius 2 is 2.04 bits per heavy atom. The zero-order chi connectivity index (χ0) is 16.4. The molecule has 1 amide bonds. The van der Waals surface area contributed by atoms with Crippen LogP contribution >= 0.6 is 0 Å². The first kappa shape index (κ1) is 14.8. The minimum absolute atomic E-state index is 0.180. The maximum absolute atomic E-state index is 12.0. The molecule has 0 saturated carbocycles. The van der Waals surface area contributed by atoms with E-state index in [9.17, 15) is 14.4 Å². The first-order valence-electron chi connectivity index (χ1n) is 7.07. The maximum Gasteiger partial charge on any atom is 0.328 e. The molecule has 3 aromatic rings. The number of benzene rings is 1. The smallest absolute Gasteiger partial charge is 0.328 e. The molecule has 0 aliphatic heterocycles. The van der Waals surface area contributed by atoms with Crippen molar-refractivity contribution >= 4 is 16.9 Å². The van der Waals surface area contributed by atoms with Crippen LogP contribution < -0.4 is 16.6 Å². The summed E-state index contributed by atoms with van der Waals surface area (Å²) in [6, 6.07) is 8.42. The number of carbonyl (C=O) groups is 1. The van der Waals surface area contributed by atoms with Gasteiger partial charge in [0.15, 0.2) is 0 Å². The van der Waals surface area contributed by atoms with Crippen molar-refractivity contribution in [3.05, 3.63) is 63.2 Å². The number of aromatic amines is 2. The van der Waals surface area contributed by atoms with Crippen molar-refractivity contribution in [2.75, 3.05) is 0 Å². The Morgan fingerprint density at radius 1 is 1.26 bits per heavy atom. The van der Waals surface area contributed by atoms with Crippen LogP contribution in [0.5, 0.6) is 0 Å². The fourth-order valence-corrected chi connectivity index (χ4v) is 2.26. The standard InChI is InChI=1S/C15H15N5O3/c1-9(14-17-10-4-2-3-5-11(10)18-14)16-13(22)8-20-7-6-12(21)19-15(20)23/h2-7,9H,8H2,1H3,(H,16,22)(H,17,18)(H,19,21,23). The highest BCUT2D eigenvalue weighted by Gasteiger charge is 2.14. The minimum Gasteiger partial charge on any atom is -0.345 e. The lowest BCUT2D eigenvalue weighted by atomic mass is 10.3. The molecule has 3 N–H and O–H groups in total. The zero-order valence-electron chi connectivity index (χ0n) is 12.4. The fourth-order valence-electron chi connectivity index (χ4n) is 2.26. The summed E-state index contributed by atoms with van der Waals surface area (Å²) in [7, 11) is 0. The largest absolute Gasteiger partial charge is 0.345 e. The van der Waals surface area contributed by atoms with E-state index in [1.165, 1.54) is 12.3 Å². The highest BCUT2D eigenvalue weighted by Crippen LogP contribution is 2.15. The molecule has 118 valence electrons. The first-order chi connectivity index (χ1) is 11.0. The van der Waals surface area contributed by atoms with E-state index in [1.54, 1.807) is 6.92 Å². The van der Waals surface area contributed by atoms with Gasteiger partial charge in [-0.15, -0.1) is 0 Å². The molecule has 0 fully saturated rings. The third-order valence-corrected chi connectivity index (χ3v) is 3.41. The van der Waals surface area contributed by atoms with Crippen molar-refractivity contribution in [1.29, 1.82) is 0 Å². The van der Waals surface area contributed by atoms with E-state index in [4.69, 9.17) is 0 Å². The molecule has 0 radical (unpaired) electrons. The third-order valence-electron chi connectivity index (χ3n) is 3.41. The van der Waals surface area contributed by atoms with Crippen LogP contribution in [0.1, 0.15) is 18.8 Å². The first-order valence-corrected chi connectivity index (χ1v) is 7.07. The number of rotatable bonds is 4. The van der Waals surface area contributed by atoms with Gasteiger partial charge in [0.05, 0.1) is 17.1 Å². The zero-order valence-corrected chi connectivity index (χ0v) is 12.4. The van der Waals surface area contributed by atoms with Gasteiger partial charge in [-0.2, -0.15) is 0 Å². The van der Waals surface area contributed by atoms with Gasteiger partial charge in [0, 0.05) is 12.3 Å². The van der Waals surface area contributed by atoms with Crippen molar-refractivity contribution in [3.8, 4) is 0 Å². The molecule has 23 heavy (non-hydrogen) atoms. The molecule has 3 rings (SSSR count). The Hall–Kier alpha value is -3.16. The molecule has 0 saturated heterocycles. The predicted octanol–water partition coefficient (Wildman–Crippen LogP) is 0.290. The van der Waals surface area contributed by atoms with Crippen LogP contribution in [0.2, 0.25) is 0 Å². The molecule has 1 aromatic carbocycles. The summed E-state index contributed by atoms with van der Waals surface area (Å²) in [5.41, 5.74) is 0.590. The number of hydrogen-bond acceptors (Lipinski definition) is 4. The second kappa shape index (κ2) is 5.91. The Bertz CT molecular complexity index is 936. The van der Waals surface area contributed by atoms with E-state index < -0.39 is 11.2 Å². The van der Waals surface area contributed by atoms with Gasteiger partial charge in [-0.3, -0.25) is 19.1 Å². The highest BCUT2D eigenvalue weighted by atomic mass is 16.2. The summed E-state index contributed by atoms with van der Waals surface area (Å²) in [6.07, 6.45) is 1.28.